The van der Waals surface area contributed by atoms with Crippen LogP contribution in [0, 0.1) is 5.92 Å². The van der Waals surface area contributed by atoms with Gasteiger partial charge in [0.25, 0.3) is 5.79 Å². The number of aliphatic hydroxyl groups is 4. The number of nitrogens with zero attached hydrogens (tertiary/aromatic N) is 1. The molecule has 7 N–H and O–H groups in total. The van der Waals surface area contributed by atoms with Crippen LogP contribution >= 0.6 is 0 Å². The third-order valence-electron chi connectivity index (χ3n) is 5.16. The number of carbonyl (C=O) groups excluding carboxylic acids is 1. The Kier molecular flexibility index (Phi) is 5.63. The maximum absolute atomic E-state index is 11.7. The number of rotatable bonds is 4. The molecule has 0 unspecified atom stereocenters. The van der Waals surface area contributed by atoms with Gasteiger partial charge < -0.3 is 36.0 Å². The highest BCUT2D eigenvalue weighted by molar-refractivity contribution is 5.77. The van der Waals surface area contributed by atoms with Gasteiger partial charge in [0.1, 0.15) is 12.2 Å². The number of carboxylic acids is 1. The van der Waals surface area contributed by atoms with Crippen molar-refractivity contribution in [3.05, 3.63) is 0 Å². The normalized spacial score (nSPS) is 39.9. The van der Waals surface area contributed by atoms with Gasteiger partial charge in [-0.05, 0) is 40.5 Å². The minimum atomic E-state index is -2.83. The van der Waals surface area contributed by atoms with Crippen LogP contribution in [0.15, 0.2) is 0 Å². The topological polar surface area (TPSA) is 183 Å². The molecular formula is C16H28N2O9. The Bertz CT molecular complexity index is 593. The third kappa shape index (κ3) is 3.81. The van der Waals surface area contributed by atoms with E-state index >= 15 is 0 Å². The molecule has 0 aromatic rings. The fraction of sp³-hybridized carbons (Fsp3) is 0.875. The largest absolute Gasteiger partial charge is 0.479 e. The molecule has 27 heavy (non-hydrogen) atoms. The van der Waals surface area contributed by atoms with Crippen molar-refractivity contribution in [1.29, 1.82) is 0 Å². The van der Waals surface area contributed by atoms with E-state index in [1.165, 1.54) is 5.06 Å². The van der Waals surface area contributed by atoms with E-state index < -0.39 is 59.3 Å². The lowest BCUT2D eigenvalue weighted by Gasteiger charge is -2.56. The highest BCUT2D eigenvalue weighted by atomic mass is 16.8. The number of hydrogen-bond donors (Lipinski definition) is 6. The lowest BCUT2D eigenvalue weighted by molar-refractivity contribution is -0.479. The Morgan fingerprint density at radius 2 is 1.59 bits per heavy atom. The number of aliphatic hydroxyl groups excluding tert-OH is 3. The molecule has 0 saturated carbocycles. The number of nitrogens with two attached hydrogens (primary N) is 1. The van der Waals surface area contributed by atoms with Crippen LogP contribution in [-0.2, 0) is 19.2 Å². The summed E-state index contributed by atoms with van der Waals surface area (Å²) in [6.07, 6.45) is -7.88. The van der Waals surface area contributed by atoms with Gasteiger partial charge in [-0.3, -0.25) is 9.63 Å². The van der Waals surface area contributed by atoms with Crippen molar-refractivity contribution in [2.75, 3.05) is 0 Å². The summed E-state index contributed by atoms with van der Waals surface area (Å²) in [5.41, 5.74) is 3.70. The third-order valence-corrected chi connectivity index (χ3v) is 5.16. The Labute approximate surface area is 156 Å². The van der Waals surface area contributed by atoms with Crippen LogP contribution in [-0.4, -0.2) is 83.9 Å². The summed E-state index contributed by atoms with van der Waals surface area (Å²) in [5, 5.41) is 51.4. The number of hydroxylamine groups is 2. The zero-order valence-electron chi connectivity index (χ0n) is 15.7. The molecule has 156 valence electrons. The highest BCUT2D eigenvalue weighted by Gasteiger charge is 2.61. The monoisotopic (exact) mass is 392 g/mol. The van der Waals surface area contributed by atoms with Gasteiger partial charge in [-0.25, -0.2) is 4.79 Å². The number of amides is 1. The van der Waals surface area contributed by atoms with E-state index in [4.69, 9.17) is 20.4 Å². The number of aliphatic carboxylic acids is 1. The zero-order chi connectivity index (χ0) is 20.9. The van der Waals surface area contributed by atoms with Gasteiger partial charge in [-0.1, -0.05) is 0 Å². The van der Waals surface area contributed by atoms with Crippen LogP contribution in [0.1, 0.15) is 40.5 Å². The van der Waals surface area contributed by atoms with Gasteiger partial charge in [-0.2, -0.15) is 5.06 Å². The first-order valence-electron chi connectivity index (χ1n) is 8.57. The molecular weight excluding hydrogens is 364 g/mol. The van der Waals surface area contributed by atoms with Crippen LogP contribution < -0.4 is 5.73 Å². The first kappa shape index (κ1) is 22.0. The van der Waals surface area contributed by atoms with Crippen molar-refractivity contribution in [3.63, 3.8) is 0 Å². The van der Waals surface area contributed by atoms with Crippen molar-refractivity contribution >= 4 is 11.9 Å². The molecule has 2 saturated heterocycles. The molecule has 2 aliphatic rings. The smallest absolute Gasteiger partial charge is 0.335 e. The standard InChI is InChI=1S/C16H28N2O9/c1-14(2)5-7(11(17)21)6-15(3,4)18(14)27-16(25)10(20)8(19)9(12(22)23)26-13(16)24/h7-10,13,19-20,24-25H,5-6H2,1-4H3,(H2,17,21)(H,22,23)/t8-,9+,10+,13-,16+/m1/s1. The number of hydrogen-bond acceptors (Lipinski definition) is 9. The number of carboxylic acid groups (broad SMARTS) is 1. The summed E-state index contributed by atoms with van der Waals surface area (Å²) in [7, 11) is 0. The Balaban J connectivity index is 2.33. The number of ether oxygens (including phenoxy) is 1. The van der Waals surface area contributed by atoms with E-state index in [1.54, 1.807) is 27.7 Å². The quantitative estimate of drug-likeness (QED) is 0.289. The van der Waals surface area contributed by atoms with Gasteiger partial charge in [-0.15, -0.1) is 0 Å². The Hall–Kier alpha value is -1.34. The SMILES string of the molecule is CC1(C)CC(C(N)=O)CC(C)(C)N1O[C@]1(O)[C@H](O)O[C@H](C(=O)O)[C@@H](O)[C@@H]1O. The molecule has 0 aliphatic carbocycles. The van der Waals surface area contributed by atoms with Gasteiger partial charge in [0.2, 0.25) is 12.2 Å². The minimum Gasteiger partial charge on any atom is -0.479 e. The first-order valence-corrected chi connectivity index (χ1v) is 8.57. The number of carbonyl (C=O) groups is 2. The van der Waals surface area contributed by atoms with E-state index in [0.717, 1.165) is 0 Å². The second-order valence-corrected chi connectivity index (χ2v) is 8.45. The molecule has 2 fully saturated rings. The zero-order valence-corrected chi connectivity index (χ0v) is 15.7. The summed E-state index contributed by atoms with van der Waals surface area (Å²) in [6.45, 7) is 6.86. The summed E-state index contributed by atoms with van der Waals surface area (Å²) < 4.78 is 4.75. The molecule has 0 aromatic carbocycles. The second kappa shape index (κ2) is 6.92. The molecule has 2 rings (SSSR count). The fourth-order valence-corrected chi connectivity index (χ4v) is 4.03. The van der Waals surface area contributed by atoms with Crippen molar-refractivity contribution in [2.24, 2.45) is 11.7 Å². The molecule has 0 spiro atoms. The average Bonchev–Trinajstić information content (AvgIpc) is 2.51. The molecule has 1 amide bonds. The van der Waals surface area contributed by atoms with E-state index in [2.05, 4.69) is 0 Å². The van der Waals surface area contributed by atoms with Crippen LogP contribution in [0.5, 0.6) is 0 Å². The van der Waals surface area contributed by atoms with Crippen molar-refractivity contribution < 1.29 is 44.7 Å². The Morgan fingerprint density at radius 1 is 1.11 bits per heavy atom. The Morgan fingerprint density at radius 3 is 2.00 bits per heavy atom. The van der Waals surface area contributed by atoms with E-state index in [9.17, 15) is 30.0 Å². The average molecular weight is 392 g/mol. The number of piperidine rings is 1. The predicted octanol–water partition coefficient (Wildman–Crippen LogP) is -2.12. The fourth-order valence-electron chi connectivity index (χ4n) is 4.03. The molecule has 2 heterocycles. The van der Waals surface area contributed by atoms with Crippen LogP contribution in [0.25, 0.3) is 0 Å². The predicted molar refractivity (Wildman–Crippen MR) is 88.5 cm³/mol. The van der Waals surface area contributed by atoms with Gasteiger partial charge in [0.05, 0.1) is 0 Å². The lowest BCUT2D eigenvalue weighted by Crippen LogP contribution is -2.73. The van der Waals surface area contributed by atoms with Crippen molar-refractivity contribution in [3.8, 4) is 0 Å². The molecule has 11 heteroatoms. The highest BCUT2D eigenvalue weighted by Crippen LogP contribution is 2.44. The number of primary amides is 1. The molecule has 5 atom stereocenters. The van der Waals surface area contributed by atoms with Crippen molar-refractivity contribution in [2.45, 2.75) is 82.0 Å². The summed E-state index contributed by atoms with van der Waals surface area (Å²) in [5.74, 6) is -5.38. The molecule has 11 nitrogen and oxygen atoms in total. The van der Waals surface area contributed by atoms with Crippen LogP contribution in [0.3, 0.4) is 0 Å². The van der Waals surface area contributed by atoms with Gasteiger partial charge in [0.15, 0.2) is 6.10 Å². The van der Waals surface area contributed by atoms with Crippen LogP contribution in [0.4, 0.5) is 0 Å². The second-order valence-electron chi connectivity index (χ2n) is 8.45. The molecule has 0 bridgehead atoms. The van der Waals surface area contributed by atoms with E-state index in [-0.39, 0.29) is 12.8 Å². The summed E-state index contributed by atoms with van der Waals surface area (Å²) >= 11 is 0. The van der Waals surface area contributed by atoms with E-state index in [1.807, 2.05) is 0 Å². The summed E-state index contributed by atoms with van der Waals surface area (Å²) in [6, 6.07) is 0. The van der Waals surface area contributed by atoms with E-state index in [0.29, 0.717) is 0 Å². The van der Waals surface area contributed by atoms with Crippen LogP contribution in [0.2, 0.25) is 0 Å². The van der Waals surface area contributed by atoms with Gasteiger partial charge in [0, 0.05) is 17.0 Å². The van der Waals surface area contributed by atoms with Gasteiger partial charge >= 0.3 is 5.97 Å². The lowest BCUT2D eigenvalue weighted by atomic mass is 9.75. The first-order chi connectivity index (χ1) is 12.1. The maximum Gasteiger partial charge on any atom is 0.335 e. The minimum absolute atomic E-state index is 0.273. The molecule has 0 aromatic heterocycles. The summed E-state index contributed by atoms with van der Waals surface area (Å²) in [4.78, 5) is 28.3. The maximum atomic E-state index is 11.7. The molecule has 0 radical (unpaired) electrons. The van der Waals surface area contributed by atoms with Crippen molar-refractivity contribution in [1.82, 2.24) is 5.06 Å². The molecule has 2 aliphatic heterocycles.